The van der Waals surface area contributed by atoms with Crippen LogP contribution in [-0.2, 0) is 9.59 Å². The SMILES string of the molecule is CC(CN=C1NC(=O)C(=O)N1)C(C)(C)C. The van der Waals surface area contributed by atoms with Gasteiger partial charge in [-0.3, -0.25) is 25.2 Å². The van der Waals surface area contributed by atoms with Gasteiger partial charge < -0.3 is 0 Å². The molecule has 15 heavy (non-hydrogen) atoms. The molecule has 1 aliphatic rings. The minimum absolute atomic E-state index is 0.163. The fraction of sp³-hybridized carbons (Fsp3) is 0.700. The molecule has 1 unspecified atom stereocenters. The highest BCUT2D eigenvalue weighted by Gasteiger charge is 2.26. The van der Waals surface area contributed by atoms with E-state index in [-0.39, 0.29) is 11.4 Å². The van der Waals surface area contributed by atoms with Crippen LogP contribution in [0.4, 0.5) is 0 Å². The van der Waals surface area contributed by atoms with E-state index in [1.165, 1.54) is 0 Å². The average molecular weight is 211 g/mol. The first-order chi connectivity index (χ1) is 6.80. The highest BCUT2D eigenvalue weighted by Crippen LogP contribution is 2.25. The molecule has 0 aromatic carbocycles. The summed E-state index contributed by atoms with van der Waals surface area (Å²) in [6, 6.07) is 0. The van der Waals surface area contributed by atoms with Gasteiger partial charge in [0.1, 0.15) is 0 Å². The number of carbonyl (C=O) groups is 2. The van der Waals surface area contributed by atoms with Gasteiger partial charge in [0.15, 0.2) is 0 Å². The number of guanidine groups is 1. The van der Waals surface area contributed by atoms with Crippen molar-refractivity contribution < 1.29 is 9.59 Å². The Morgan fingerprint density at radius 2 is 1.67 bits per heavy atom. The summed E-state index contributed by atoms with van der Waals surface area (Å²) in [7, 11) is 0. The highest BCUT2D eigenvalue weighted by molar-refractivity contribution is 6.45. The molecule has 84 valence electrons. The van der Waals surface area contributed by atoms with Gasteiger partial charge in [-0.05, 0) is 11.3 Å². The summed E-state index contributed by atoms with van der Waals surface area (Å²) >= 11 is 0. The fourth-order valence-electron chi connectivity index (χ4n) is 0.941. The summed E-state index contributed by atoms with van der Waals surface area (Å²) in [6.45, 7) is 9.05. The number of nitrogens with one attached hydrogen (secondary N) is 2. The van der Waals surface area contributed by atoms with Gasteiger partial charge in [0.05, 0.1) is 0 Å². The second kappa shape index (κ2) is 4.00. The maximum Gasteiger partial charge on any atom is 0.316 e. The Balaban J connectivity index is 2.53. The van der Waals surface area contributed by atoms with Crippen molar-refractivity contribution in [3.63, 3.8) is 0 Å². The summed E-state index contributed by atoms with van der Waals surface area (Å²) in [5.74, 6) is -0.644. The molecule has 0 aromatic rings. The maximum absolute atomic E-state index is 10.8. The van der Waals surface area contributed by atoms with Gasteiger partial charge in [0.2, 0.25) is 5.96 Å². The van der Waals surface area contributed by atoms with Gasteiger partial charge in [0, 0.05) is 6.54 Å². The predicted molar refractivity (Wildman–Crippen MR) is 57.2 cm³/mol. The number of rotatable bonds is 2. The average Bonchev–Trinajstić information content (AvgIpc) is 2.41. The minimum Gasteiger partial charge on any atom is -0.288 e. The second-order valence-corrected chi connectivity index (χ2v) is 4.86. The molecule has 0 aromatic heterocycles. The lowest BCUT2D eigenvalue weighted by Crippen LogP contribution is -2.28. The molecule has 0 radical (unpaired) electrons. The van der Waals surface area contributed by atoms with Crippen LogP contribution in [0.2, 0.25) is 0 Å². The van der Waals surface area contributed by atoms with Gasteiger partial charge in [-0.2, -0.15) is 0 Å². The summed E-state index contributed by atoms with van der Waals surface area (Å²) in [5, 5.41) is 4.72. The number of hydrogen-bond acceptors (Lipinski definition) is 3. The molecule has 1 atom stereocenters. The molecule has 1 rings (SSSR count). The molecular weight excluding hydrogens is 194 g/mol. The van der Waals surface area contributed by atoms with Gasteiger partial charge in [-0.1, -0.05) is 27.7 Å². The zero-order valence-corrected chi connectivity index (χ0v) is 9.55. The maximum atomic E-state index is 10.8. The summed E-state index contributed by atoms with van der Waals surface area (Å²) in [4.78, 5) is 25.8. The van der Waals surface area contributed by atoms with E-state index in [0.29, 0.717) is 12.5 Å². The Labute approximate surface area is 89.3 Å². The van der Waals surface area contributed by atoms with Gasteiger partial charge in [-0.15, -0.1) is 0 Å². The Bertz CT molecular complexity index is 297. The highest BCUT2D eigenvalue weighted by atomic mass is 16.2. The summed E-state index contributed by atoms with van der Waals surface area (Å²) in [5.41, 5.74) is 0.163. The van der Waals surface area contributed by atoms with Crippen LogP contribution in [0, 0.1) is 11.3 Å². The molecule has 0 saturated carbocycles. The third-order valence-electron chi connectivity index (χ3n) is 2.67. The topological polar surface area (TPSA) is 70.6 Å². The lowest BCUT2D eigenvalue weighted by Gasteiger charge is -2.25. The molecule has 5 nitrogen and oxygen atoms in total. The van der Waals surface area contributed by atoms with E-state index in [4.69, 9.17) is 0 Å². The summed E-state index contributed by atoms with van der Waals surface area (Å²) in [6.07, 6.45) is 0. The zero-order chi connectivity index (χ0) is 11.6. The van der Waals surface area contributed by atoms with Crippen molar-refractivity contribution in [1.82, 2.24) is 10.6 Å². The number of nitrogens with zero attached hydrogens (tertiary/aromatic N) is 1. The number of carbonyl (C=O) groups excluding carboxylic acids is 2. The monoisotopic (exact) mass is 211 g/mol. The van der Waals surface area contributed by atoms with Crippen molar-refractivity contribution in [3.05, 3.63) is 0 Å². The second-order valence-electron chi connectivity index (χ2n) is 4.86. The number of amides is 2. The lowest BCUT2D eigenvalue weighted by molar-refractivity contribution is -0.135. The van der Waals surface area contributed by atoms with Crippen LogP contribution in [0.3, 0.4) is 0 Å². The van der Waals surface area contributed by atoms with E-state index in [9.17, 15) is 9.59 Å². The first-order valence-corrected chi connectivity index (χ1v) is 4.97. The molecule has 2 N–H and O–H groups in total. The molecule has 2 amide bonds. The molecular formula is C10H17N3O2. The predicted octanol–water partition coefficient (Wildman–Crippen LogP) is 0.271. The van der Waals surface area contributed by atoms with Gasteiger partial charge >= 0.3 is 11.8 Å². The van der Waals surface area contributed by atoms with E-state index < -0.39 is 11.8 Å². The van der Waals surface area contributed by atoms with Crippen molar-refractivity contribution in [2.24, 2.45) is 16.3 Å². The minimum atomic E-state index is -0.642. The van der Waals surface area contributed by atoms with E-state index in [2.05, 4.69) is 43.3 Å². The largest absolute Gasteiger partial charge is 0.316 e. The molecule has 0 aliphatic carbocycles. The number of aliphatic imine (C=N–C) groups is 1. The van der Waals surface area contributed by atoms with Crippen LogP contribution in [0.15, 0.2) is 4.99 Å². The molecule has 0 bridgehead atoms. The third-order valence-corrected chi connectivity index (χ3v) is 2.67. The molecule has 1 aliphatic heterocycles. The molecule has 1 heterocycles. The van der Waals surface area contributed by atoms with E-state index in [1.54, 1.807) is 0 Å². The molecule has 0 spiro atoms. The number of hydrogen-bond donors (Lipinski definition) is 2. The van der Waals surface area contributed by atoms with Crippen molar-refractivity contribution in [1.29, 1.82) is 0 Å². The Morgan fingerprint density at radius 3 is 2.07 bits per heavy atom. The fourth-order valence-corrected chi connectivity index (χ4v) is 0.941. The standard InChI is InChI=1S/C10H17N3O2/c1-6(10(2,3)4)5-11-9-12-7(14)8(15)13-9/h6H,5H2,1-4H3,(H2,11,12,13,14,15). The van der Waals surface area contributed by atoms with Crippen molar-refractivity contribution in [2.75, 3.05) is 6.54 Å². The third kappa shape index (κ3) is 3.04. The lowest BCUT2D eigenvalue weighted by atomic mass is 9.82. The normalized spacial score (nSPS) is 18.5. The van der Waals surface area contributed by atoms with E-state index in [1.807, 2.05) is 0 Å². The first-order valence-electron chi connectivity index (χ1n) is 4.97. The molecule has 1 fully saturated rings. The Kier molecular flexibility index (Phi) is 3.12. The van der Waals surface area contributed by atoms with Crippen molar-refractivity contribution in [2.45, 2.75) is 27.7 Å². The van der Waals surface area contributed by atoms with Gasteiger partial charge in [0.25, 0.3) is 0 Å². The molecule has 5 heteroatoms. The van der Waals surface area contributed by atoms with Crippen LogP contribution >= 0.6 is 0 Å². The molecule has 1 saturated heterocycles. The van der Waals surface area contributed by atoms with Crippen LogP contribution < -0.4 is 10.6 Å². The smallest absolute Gasteiger partial charge is 0.288 e. The quantitative estimate of drug-likeness (QED) is 0.644. The van der Waals surface area contributed by atoms with Crippen LogP contribution in [0.1, 0.15) is 27.7 Å². The van der Waals surface area contributed by atoms with Gasteiger partial charge in [-0.25, -0.2) is 0 Å². The zero-order valence-electron chi connectivity index (χ0n) is 9.55. The van der Waals surface area contributed by atoms with Crippen LogP contribution in [-0.4, -0.2) is 24.3 Å². The van der Waals surface area contributed by atoms with E-state index in [0.717, 1.165) is 0 Å². The first kappa shape index (κ1) is 11.7. The van der Waals surface area contributed by atoms with Crippen LogP contribution in [0.25, 0.3) is 0 Å². The Morgan fingerprint density at radius 1 is 1.20 bits per heavy atom. The summed E-state index contributed by atoms with van der Waals surface area (Å²) < 4.78 is 0. The van der Waals surface area contributed by atoms with Crippen LogP contribution in [0.5, 0.6) is 0 Å². The van der Waals surface area contributed by atoms with Crippen molar-refractivity contribution >= 4 is 17.8 Å². The Hall–Kier alpha value is -1.39. The van der Waals surface area contributed by atoms with Crippen molar-refractivity contribution in [3.8, 4) is 0 Å². The van der Waals surface area contributed by atoms with E-state index >= 15 is 0 Å².